The summed E-state index contributed by atoms with van der Waals surface area (Å²) in [5.41, 5.74) is 6.10. The molecule has 206 valence electrons. The SMILES string of the molecule is CCOC(=O)C(C)Oc1ccc2nc(CC)cc(OCc3ccc(-c4ccccc4-c4nnn[nH]4)cc3)c2n1.Cl. The van der Waals surface area contributed by atoms with Crippen LogP contribution >= 0.6 is 12.4 Å². The van der Waals surface area contributed by atoms with Crippen LogP contribution in [0.3, 0.4) is 0 Å². The summed E-state index contributed by atoms with van der Waals surface area (Å²) in [4.78, 5) is 21.3. The molecule has 0 fully saturated rings. The first-order valence-corrected chi connectivity index (χ1v) is 12.7. The second-order valence-corrected chi connectivity index (χ2v) is 8.78. The van der Waals surface area contributed by atoms with Crippen molar-refractivity contribution in [1.29, 1.82) is 0 Å². The van der Waals surface area contributed by atoms with Crippen LogP contribution < -0.4 is 9.47 Å². The summed E-state index contributed by atoms with van der Waals surface area (Å²) in [5, 5.41) is 14.3. The average Bonchev–Trinajstić information content (AvgIpc) is 3.51. The minimum absolute atomic E-state index is 0. The fourth-order valence-electron chi connectivity index (χ4n) is 4.11. The number of nitrogens with zero attached hydrogens (tertiary/aromatic N) is 5. The van der Waals surface area contributed by atoms with Gasteiger partial charge in [-0.3, -0.25) is 4.98 Å². The van der Waals surface area contributed by atoms with E-state index in [2.05, 4.69) is 30.6 Å². The van der Waals surface area contributed by atoms with Gasteiger partial charge in [0, 0.05) is 23.4 Å². The number of aryl methyl sites for hydroxylation is 1. The maximum Gasteiger partial charge on any atom is 0.347 e. The molecular formula is C29H29ClN6O4. The van der Waals surface area contributed by atoms with E-state index in [0.29, 0.717) is 35.1 Å². The van der Waals surface area contributed by atoms with Gasteiger partial charge in [-0.25, -0.2) is 14.9 Å². The first-order chi connectivity index (χ1) is 19.1. The van der Waals surface area contributed by atoms with E-state index in [1.807, 2.05) is 67.6 Å². The second-order valence-electron chi connectivity index (χ2n) is 8.78. The number of carbonyl (C=O) groups is 1. The normalized spacial score (nSPS) is 11.5. The van der Waals surface area contributed by atoms with E-state index in [1.54, 1.807) is 19.9 Å². The number of fused-ring (bicyclic) bond motifs is 1. The number of ether oxygens (including phenoxy) is 3. The lowest BCUT2D eigenvalue weighted by molar-refractivity contribution is -0.150. The first-order valence-electron chi connectivity index (χ1n) is 12.7. The van der Waals surface area contributed by atoms with Crippen LogP contribution in [0.25, 0.3) is 33.5 Å². The van der Waals surface area contributed by atoms with Gasteiger partial charge in [0.05, 0.1) is 12.1 Å². The van der Waals surface area contributed by atoms with E-state index in [0.717, 1.165) is 34.4 Å². The first kappa shape index (κ1) is 28.4. The van der Waals surface area contributed by atoms with Crippen LogP contribution in [-0.4, -0.2) is 49.3 Å². The third-order valence-electron chi connectivity index (χ3n) is 6.11. The molecule has 0 saturated carbocycles. The molecule has 3 aromatic heterocycles. The summed E-state index contributed by atoms with van der Waals surface area (Å²) in [5.74, 6) is 1.06. The molecule has 10 nitrogen and oxygen atoms in total. The molecule has 0 bridgehead atoms. The Morgan fingerprint density at radius 2 is 1.75 bits per heavy atom. The molecule has 5 aromatic rings. The number of hydrogen-bond acceptors (Lipinski definition) is 9. The highest BCUT2D eigenvalue weighted by Gasteiger charge is 2.18. The minimum atomic E-state index is -0.786. The van der Waals surface area contributed by atoms with Crippen molar-refractivity contribution < 1.29 is 19.0 Å². The fourth-order valence-corrected chi connectivity index (χ4v) is 4.11. The number of nitrogens with one attached hydrogen (secondary N) is 1. The van der Waals surface area contributed by atoms with Crippen molar-refractivity contribution in [2.45, 2.75) is 39.9 Å². The number of rotatable bonds is 10. The molecule has 3 heterocycles. The number of H-pyrrole nitrogens is 1. The van der Waals surface area contributed by atoms with Crippen molar-refractivity contribution in [3.63, 3.8) is 0 Å². The zero-order valence-electron chi connectivity index (χ0n) is 22.3. The van der Waals surface area contributed by atoms with Gasteiger partial charge >= 0.3 is 5.97 Å². The Morgan fingerprint density at radius 1 is 0.975 bits per heavy atom. The highest BCUT2D eigenvalue weighted by Crippen LogP contribution is 2.31. The van der Waals surface area contributed by atoms with Crippen LogP contribution in [0, 0.1) is 0 Å². The Bertz CT molecular complexity index is 1580. The van der Waals surface area contributed by atoms with Crippen molar-refractivity contribution in [2.75, 3.05) is 6.61 Å². The monoisotopic (exact) mass is 560 g/mol. The molecule has 0 amide bonds. The number of pyridine rings is 2. The van der Waals surface area contributed by atoms with E-state index in [-0.39, 0.29) is 19.0 Å². The van der Waals surface area contributed by atoms with Crippen LogP contribution in [0.2, 0.25) is 0 Å². The summed E-state index contributed by atoms with van der Waals surface area (Å²) in [7, 11) is 0. The van der Waals surface area contributed by atoms with Crippen LogP contribution in [0.4, 0.5) is 0 Å². The van der Waals surface area contributed by atoms with E-state index in [1.165, 1.54) is 0 Å². The summed E-state index contributed by atoms with van der Waals surface area (Å²) >= 11 is 0. The van der Waals surface area contributed by atoms with Gasteiger partial charge in [-0.1, -0.05) is 55.5 Å². The van der Waals surface area contributed by atoms with Gasteiger partial charge in [-0.05, 0) is 53.5 Å². The van der Waals surface area contributed by atoms with E-state index in [4.69, 9.17) is 14.2 Å². The fraction of sp³-hybridized carbons (Fsp3) is 0.241. The standard InChI is InChI=1S/C29H28N6O4.ClH/c1-4-21-16-25(27-24(30-21)14-15-26(31-27)39-18(3)29(36)37-5-2)38-17-19-10-12-20(13-11-19)22-8-6-7-9-23(22)28-32-34-35-33-28;/h6-16,18H,4-5,17H2,1-3H3,(H,32,33,34,35);1H. The Balaban J connectivity index is 0.00000370. The number of tetrazole rings is 1. The van der Waals surface area contributed by atoms with Gasteiger partial charge in [0.15, 0.2) is 11.9 Å². The smallest absolute Gasteiger partial charge is 0.347 e. The predicted molar refractivity (Wildman–Crippen MR) is 152 cm³/mol. The molecule has 1 unspecified atom stereocenters. The van der Waals surface area contributed by atoms with Crippen molar-refractivity contribution in [3.8, 4) is 34.1 Å². The van der Waals surface area contributed by atoms with Crippen LogP contribution in [0.5, 0.6) is 11.6 Å². The topological polar surface area (TPSA) is 125 Å². The molecule has 0 aliphatic rings. The Labute approximate surface area is 237 Å². The molecule has 5 rings (SSSR count). The molecule has 11 heteroatoms. The lowest BCUT2D eigenvalue weighted by Crippen LogP contribution is -2.26. The number of hydrogen-bond donors (Lipinski definition) is 1. The molecule has 2 aromatic carbocycles. The van der Waals surface area contributed by atoms with Crippen molar-refractivity contribution in [1.82, 2.24) is 30.6 Å². The van der Waals surface area contributed by atoms with Gasteiger partial charge in [0.25, 0.3) is 0 Å². The Morgan fingerprint density at radius 3 is 2.45 bits per heavy atom. The molecule has 1 N–H and O–H groups in total. The van der Waals surface area contributed by atoms with Crippen LogP contribution in [0.15, 0.2) is 66.7 Å². The number of halogens is 1. The van der Waals surface area contributed by atoms with Gasteiger partial charge in [-0.2, -0.15) is 0 Å². The summed E-state index contributed by atoms with van der Waals surface area (Å²) in [6.07, 6.45) is -0.0368. The predicted octanol–water partition coefficient (Wildman–Crippen LogP) is 5.37. The third-order valence-corrected chi connectivity index (χ3v) is 6.11. The molecule has 0 radical (unpaired) electrons. The van der Waals surface area contributed by atoms with Crippen LogP contribution in [0.1, 0.15) is 32.0 Å². The molecule has 40 heavy (non-hydrogen) atoms. The maximum atomic E-state index is 12.0. The zero-order chi connectivity index (χ0) is 27.2. The number of carbonyl (C=O) groups excluding carboxylic acids is 1. The quantitative estimate of drug-likeness (QED) is 0.224. The molecule has 0 spiro atoms. The van der Waals surface area contributed by atoms with E-state index in [9.17, 15) is 4.79 Å². The van der Waals surface area contributed by atoms with Gasteiger partial charge in [-0.15, -0.1) is 17.5 Å². The largest absolute Gasteiger partial charge is 0.486 e. The van der Waals surface area contributed by atoms with E-state index < -0.39 is 12.1 Å². The number of benzene rings is 2. The number of aromatic amines is 1. The van der Waals surface area contributed by atoms with Crippen LogP contribution in [-0.2, 0) is 22.6 Å². The molecule has 0 aliphatic heterocycles. The Kier molecular flexibility index (Phi) is 9.23. The van der Waals surface area contributed by atoms with Gasteiger partial charge in [0.1, 0.15) is 17.9 Å². The van der Waals surface area contributed by atoms with Crippen molar-refractivity contribution in [3.05, 3.63) is 78.0 Å². The number of aromatic nitrogens is 6. The highest BCUT2D eigenvalue weighted by molar-refractivity contribution is 5.85. The lowest BCUT2D eigenvalue weighted by atomic mass is 9.98. The van der Waals surface area contributed by atoms with Gasteiger partial charge in [0.2, 0.25) is 5.88 Å². The molecule has 1 atom stereocenters. The Hall–Kier alpha value is -4.57. The third kappa shape index (κ3) is 6.35. The highest BCUT2D eigenvalue weighted by atomic mass is 35.5. The minimum Gasteiger partial charge on any atom is -0.486 e. The van der Waals surface area contributed by atoms with Crippen molar-refractivity contribution in [2.24, 2.45) is 0 Å². The average molecular weight is 561 g/mol. The number of esters is 1. The lowest BCUT2D eigenvalue weighted by Gasteiger charge is -2.15. The summed E-state index contributed by atoms with van der Waals surface area (Å²) in [6.45, 7) is 6.04. The van der Waals surface area contributed by atoms with Crippen molar-refractivity contribution >= 4 is 29.4 Å². The maximum absolute atomic E-state index is 12.0. The van der Waals surface area contributed by atoms with Gasteiger partial charge < -0.3 is 14.2 Å². The zero-order valence-corrected chi connectivity index (χ0v) is 23.1. The molecule has 0 saturated heterocycles. The molecule has 0 aliphatic carbocycles. The molecular weight excluding hydrogens is 532 g/mol. The summed E-state index contributed by atoms with van der Waals surface area (Å²) in [6, 6.07) is 21.5. The van der Waals surface area contributed by atoms with E-state index >= 15 is 0 Å². The summed E-state index contributed by atoms with van der Waals surface area (Å²) < 4.78 is 17.0. The second kappa shape index (κ2) is 13.0.